The molecule has 0 spiro atoms. The highest BCUT2D eigenvalue weighted by molar-refractivity contribution is 5.74. The van der Waals surface area contributed by atoms with E-state index in [9.17, 15) is 4.79 Å². The third-order valence-electron chi connectivity index (χ3n) is 3.83. The number of likely N-dealkylation sites (tertiary alicyclic amines) is 1. The zero-order valence-electron chi connectivity index (χ0n) is 12.0. The Morgan fingerprint density at radius 2 is 1.90 bits per heavy atom. The van der Waals surface area contributed by atoms with Crippen LogP contribution >= 0.6 is 0 Å². The normalized spacial score (nSPS) is 14.4. The smallest absolute Gasteiger partial charge is 0.317 e. The molecule has 110 valence electrons. The standard InChI is InChI=1S/C16H20N4O/c21-16(19-9-3-4-10-19)17-12-14-6-1-2-7-15(14)13-20-11-5-8-18-20/h1-2,5-8,11H,3-4,9-10,12-13H2,(H,17,21). The van der Waals surface area contributed by atoms with Crippen molar-refractivity contribution in [1.82, 2.24) is 20.0 Å². The molecule has 0 atom stereocenters. The fraction of sp³-hybridized carbons (Fsp3) is 0.375. The maximum Gasteiger partial charge on any atom is 0.317 e. The first-order valence-electron chi connectivity index (χ1n) is 7.40. The van der Waals surface area contributed by atoms with Crippen LogP contribution in [-0.2, 0) is 13.1 Å². The highest BCUT2D eigenvalue weighted by Crippen LogP contribution is 2.11. The third-order valence-corrected chi connectivity index (χ3v) is 3.83. The van der Waals surface area contributed by atoms with Gasteiger partial charge >= 0.3 is 6.03 Å². The number of nitrogens with one attached hydrogen (secondary N) is 1. The fourth-order valence-electron chi connectivity index (χ4n) is 2.66. The molecule has 0 bridgehead atoms. The van der Waals surface area contributed by atoms with Crippen LogP contribution in [0.3, 0.4) is 0 Å². The molecule has 1 fully saturated rings. The van der Waals surface area contributed by atoms with Crippen molar-refractivity contribution in [3.8, 4) is 0 Å². The Hall–Kier alpha value is -2.30. The number of hydrogen-bond donors (Lipinski definition) is 1. The third kappa shape index (κ3) is 3.42. The van der Waals surface area contributed by atoms with E-state index >= 15 is 0 Å². The summed E-state index contributed by atoms with van der Waals surface area (Å²) in [5.41, 5.74) is 2.32. The van der Waals surface area contributed by atoms with E-state index < -0.39 is 0 Å². The summed E-state index contributed by atoms with van der Waals surface area (Å²) in [6, 6.07) is 10.1. The number of carbonyl (C=O) groups excluding carboxylic acids is 1. The first-order chi connectivity index (χ1) is 10.3. The zero-order valence-corrected chi connectivity index (χ0v) is 12.0. The molecule has 21 heavy (non-hydrogen) atoms. The predicted octanol–water partition coefficient (Wildman–Crippen LogP) is 2.24. The number of urea groups is 1. The van der Waals surface area contributed by atoms with Crippen LogP contribution in [0.25, 0.3) is 0 Å². The summed E-state index contributed by atoms with van der Waals surface area (Å²) in [6.45, 7) is 3.04. The van der Waals surface area contributed by atoms with Crippen LogP contribution in [-0.4, -0.2) is 33.8 Å². The van der Waals surface area contributed by atoms with Gasteiger partial charge in [0.2, 0.25) is 0 Å². The Morgan fingerprint density at radius 3 is 2.62 bits per heavy atom. The lowest BCUT2D eigenvalue weighted by Gasteiger charge is -2.17. The molecule has 1 aromatic heterocycles. The first kappa shape index (κ1) is 13.7. The van der Waals surface area contributed by atoms with Gasteiger partial charge in [-0.05, 0) is 30.0 Å². The van der Waals surface area contributed by atoms with Gasteiger partial charge in [0.05, 0.1) is 6.54 Å². The maximum atomic E-state index is 12.0. The quantitative estimate of drug-likeness (QED) is 0.936. The summed E-state index contributed by atoms with van der Waals surface area (Å²) in [7, 11) is 0. The highest BCUT2D eigenvalue weighted by atomic mass is 16.2. The number of amides is 2. The molecule has 1 aliphatic rings. The molecule has 2 aromatic rings. The lowest BCUT2D eigenvalue weighted by Crippen LogP contribution is -2.37. The molecule has 5 nitrogen and oxygen atoms in total. The molecule has 0 aliphatic carbocycles. The van der Waals surface area contributed by atoms with E-state index in [1.165, 1.54) is 5.56 Å². The second-order valence-corrected chi connectivity index (χ2v) is 5.33. The molecule has 1 aromatic carbocycles. The molecule has 2 amide bonds. The van der Waals surface area contributed by atoms with E-state index in [-0.39, 0.29) is 6.03 Å². The van der Waals surface area contributed by atoms with Crippen LogP contribution in [0, 0.1) is 0 Å². The summed E-state index contributed by atoms with van der Waals surface area (Å²) in [6.07, 6.45) is 5.95. The van der Waals surface area contributed by atoms with Gasteiger partial charge in [0.15, 0.2) is 0 Å². The molecule has 5 heteroatoms. The Morgan fingerprint density at radius 1 is 1.14 bits per heavy atom. The van der Waals surface area contributed by atoms with Crippen molar-refractivity contribution in [1.29, 1.82) is 0 Å². The molecular weight excluding hydrogens is 264 g/mol. The highest BCUT2D eigenvalue weighted by Gasteiger charge is 2.17. The molecule has 2 heterocycles. The van der Waals surface area contributed by atoms with Gasteiger partial charge in [0.25, 0.3) is 0 Å². The topological polar surface area (TPSA) is 50.2 Å². The van der Waals surface area contributed by atoms with Gasteiger partial charge in [0.1, 0.15) is 0 Å². The number of benzene rings is 1. The van der Waals surface area contributed by atoms with Crippen molar-refractivity contribution in [2.45, 2.75) is 25.9 Å². The molecule has 1 saturated heterocycles. The minimum absolute atomic E-state index is 0.0430. The molecule has 1 N–H and O–H groups in total. The average Bonchev–Trinajstić information content (AvgIpc) is 3.19. The predicted molar refractivity (Wildman–Crippen MR) is 80.8 cm³/mol. The Labute approximate surface area is 124 Å². The number of aromatic nitrogens is 2. The van der Waals surface area contributed by atoms with E-state index in [1.54, 1.807) is 6.20 Å². The molecule has 0 unspecified atom stereocenters. The summed E-state index contributed by atoms with van der Waals surface area (Å²) in [5.74, 6) is 0. The van der Waals surface area contributed by atoms with Crippen molar-refractivity contribution in [2.75, 3.05) is 13.1 Å². The van der Waals surface area contributed by atoms with E-state index in [2.05, 4.69) is 22.5 Å². The second-order valence-electron chi connectivity index (χ2n) is 5.33. The Balaban J connectivity index is 1.63. The van der Waals surface area contributed by atoms with Gasteiger partial charge in [0, 0.05) is 32.0 Å². The van der Waals surface area contributed by atoms with Crippen molar-refractivity contribution >= 4 is 6.03 Å². The van der Waals surface area contributed by atoms with Crippen molar-refractivity contribution < 1.29 is 4.79 Å². The summed E-state index contributed by atoms with van der Waals surface area (Å²) < 4.78 is 1.89. The van der Waals surface area contributed by atoms with Crippen molar-refractivity contribution in [3.05, 3.63) is 53.9 Å². The van der Waals surface area contributed by atoms with E-state index in [0.717, 1.165) is 38.0 Å². The maximum absolute atomic E-state index is 12.0. The van der Waals surface area contributed by atoms with Crippen molar-refractivity contribution in [2.24, 2.45) is 0 Å². The lowest BCUT2D eigenvalue weighted by atomic mass is 10.1. The van der Waals surface area contributed by atoms with Crippen LogP contribution in [0.15, 0.2) is 42.7 Å². The van der Waals surface area contributed by atoms with Crippen LogP contribution in [0.1, 0.15) is 24.0 Å². The van der Waals surface area contributed by atoms with Gasteiger partial charge < -0.3 is 10.2 Å². The van der Waals surface area contributed by atoms with E-state index in [4.69, 9.17) is 0 Å². The first-order valence-corrected chi connectivity index (χ1v) is 7.40. The van der Waals surface area contributed by atoms with Gasteiger partial charge in [-0.1, -0.05) is 24.3 Å². The number of nitrogens with zero attached hydrogens (tertiary/aromatic N) is 3. The van der Waals surface area contributed by atoms with Gasteiger partial charge in [-0.3, -0.25) is 4.68 Å². The SMILES string of the molecule is O=C(NCc1ccccc1Cn1cccn1)N1CCCC1. The van der Waals surface area contributed by atoms with E-state index in [0.29, 0.717) is 6.54 Å². The van der Waals surface area contributed by atoms with Crippen LogP contribution < -0.4 is 5.32 Å². The number of rotatable bonds is 4. The average molecular weight is 284 g/mol. The Bertz CT molecular complexity index is 588. The minimum atomic E-state index is 0.0430. The molecule has 1 aliphatic heterocycles. The summed E-state index contributed by atoms with van der Waals surface area (Å²) >= 11 is 0. The van der Waals surface area contributed by atoms with Crippen LogP contribution in [0.5, 0.6) is 0 Å². The Kier molecular flexibility index (Phi) is 4.19. The molecule has 0 saturated carbocycles. The largest absolute Gasteiger partial charge is 0.334 e. The van der Waals surface area contributed by atoms with Crippen LogP contribution in [0.2, 0.25) is 0 Å². The van der Waals surface area contributed by atoms with Gasteiger partial charge in [-0.2, -0.15) is 5.10 Å². The molecular formula is C16H20N4O. The summed E-state index contributed by atoms with van der Waals surface area (Å²) in [4.78, 5) is 13.9. The van der Waals surface area contributed by atoms with E-state index in [1.807, 2.05) is 34.0 Å². The number of carbonyl (C=O) groups is 1. The summed E-state index contributed by atoms with van der Waals surface area (Å²) in [5, 5.41) is 7.25. The number of hydrogen-bond acceptors (Lipinski definition) is 2. The zero-order chi connectivity index (χ0) is 14.5. The van der Waals surface area contributed by atoms with Gasteiger partial charge in [-0.15, -0.1) is 0 Å². The molecule has 3 rings (SSSR count). The fourth-order valence-corrected chi connectivity index (χ4v) is 2.66. The van der Waals surface area contributed by atoms with Crippen molar-refractivity contribution in [3.63, 3.8) is 0 Å². The van der Waals surface area contributed by atoms with Gasteiger partial charge in [-0.25, -0.2) is 4.79 Å². The minimum Gasteiger partial charge on any atom is -0.334 e. The second kappa shape index (κ2) is 6.43. The monoisotopic (exact) mass is 284 g/mol. The van der Waals surface area contributed by atoms with Crippen LogP contribution in [0.4, 0.5) is 4.79 Å². The molecule has 0 radical (unpaired) electrons. The lowest BCUT2D eigenvalue weighted by molar-refractivity contribution is 0.208.